The first-order valence-corrected chi connectivity index (χ1v) is 2.98. The van der Waals surface area contributed by atoms with Crippen LogP contribution in [0, 0.1) is 5.92 Å². The fourth-order valence-corrected chi connectivity index (χ4v) is 0.644. The van der Waals surface area contributed by atoms with Crippen LogP contribution in [-0.2, 0) is 4.84 Å². The van der Waals surface area contributed by atoms with E-state index in [2.05, 4.69) is 12.1 Å². The molecule has 0 aromatic rings. The van der Waals surface area contributed by atoms with Gasteiger partial charge >= 0.3 is 0 Å². The van der Waals surface area contributed by atoms with E-state index < -0.39 is 0 Å². The number of hydrogen-bond donors (Lipinski definition) is 0. The van der Waals surface area contributed by atoms with Crippen LogP contribution in [0.3, 0.4) is 0 Å². The molecule has 0 unspecified atom stereocenters. The van der Waals surface area contributed by atoms with Gasteiger partial charge in [0.1, 0.15) is 6.10 Å². The summed E-state index contributed by atoms with van der Waals surface area (Å²) in [5.74, 6) is 0.632. The second kappa shape index (κ2) is 2.16. The molecule has 0 N–H and O–H groups in total. The highest BCUT2D eigenvalue weighted by atomic mass is 16.6. The molecule has 2 atom stereocenters. The van der Waals surface area contributed by atoms with E-state index in [1.54, 1.807) is 0 Å². The maximum atomic E-state index is 4.96. The second-order valence-electron chi connectivity index (χ2n) is 2.31. The smallest absolute Gasteiger partial charge is 0.127 e. The van der Waals surface area contributed by atoms with Crippen LogP contribution < -0.4 is 0 Å². The highest BCUT2D eigenvalue weighted by molar-refractivity contribution is 5.57. The summed E-state index contributed by atoms with van der Waals surface area (Å²) >= 11 is 0. The first-order valence-electron chi connectivity index (χ1n) is 2.98. The zero-order chi connectivity index (χ0) is 5.98. The molecule has 0 aromatic carbocycles. The molecular weight excluding hydrogens is 102 g/mol. The van der Waals surface area contributed by atoms with Crippen LogP contribution in [0.5, 0.6) is 0 Å². The monoisotopic (exact) mass is 113 g/mol. The van der Waals surface area contributed by atoms with Crippen LogP contribution in [0.15, 0.2) is 5.16 Å². The molecule has 0 saturated heterocycles. The number of hydrogen-bond acceptors (Lipinski definition) is 2. The Labute approximate surface area is 49.5 Å². The van der Waals surface area contributed by atoms with Gasteiger partial charge in [0, 0.05) is 12.1 Å². The topological polar surface area (TPSA) is 21.6 Å². The summed E-state index contributed by atoms with van der Waals surface area (Å²) in [6.45, 7) is 4.21. The van der Waals surface area contributed by atoms with Gasteiger partial charge in [0.15, 0.2) is 0 Å². The summed E-state index contributed by atoms with van der Waals surface area (Å²) in [4.78, 5) is 4.96. The molecule has 2 heteroatoms. The normalized spacial score (nSPS) is 36.8. The maximum Gasteiger partial charge on any atom is 0.127 e. The van der Waals surface area contributed by atoms with Crippen molar-refractivity contribution in [1.82, 2.24) is 0 Å². The Morgan fingerprint density at radius 1 is 1.62 bits per heavy atom. The van der Waals surface area contributed by atoms with E-state index in [0.29, 0.717) is 12.0 Å². The Hall–Kier alpha value is -0.530. The Morgan fingerprint density at radius 2 is 2.38 bits per heavy atom. The highest BCUT2D eigenvalue weighted by Gasteiger charge is 2.14. The Kier molecular flexibility index (Phi) is 1.51. The van der Waals surface area contributed by atoms with Crippen molar-refractivity contribution in [3.05, 3.63) is 0 Å². The van der Waals surface area contributed by atoms with Gasteiger partial charge in [0.05, 0.1) is 0 Å². The molecule has 0 saturated carbocycles. The molecule has 0 spiro atoms. The summed E-state index contributed by atoms with van der Waals surface area (Å²) < 4.78 is 0. The predicted octanol–water partition coefficient (Wildman–Crippen LogP) is 1.42. The molecule has 8 heavy (non-hydrogen) atoms. The molecule has 0 amide bonds. The Bertz CT molecular complexity index is 88.7. The first kappa shape index (κ1) is 5.60. The summed E-state index contributed by atoms with van der Waals surface area (Å²) in [6, 6.07) is 0. The van der Waals surface area contributed by atoms with Gasteiger partial charge in [-0.05, 0) is 13.3 Å². The fraction of sp³-hybridized carbons (Fsp3) is 0.833. The molecule has 1 heterocycles. The molecule has 0 fully saturated rings. The maximum absolute atomic E-state index is 4.96. The van der Waals surface area contributed by atoms with E-state index in [1.165, 1.54) is 0 Å². The van der Waals surface area contributed by atoms with Crippen molar-refractivity contribution in [2.45, 2.75) is 26.4 Å². The minimum Gasteiger partial charge on any atom is -0.393 e. The zero-order valence-corrected chi connectivity index (χ0v) is 5.29. The van der Waals surface area contributed by atoms with Crippen LogP contribution in [0.25, 0.3) is 0 Å². The van der Waals surface area contributed by atoms with E-state index >= 15 is 0 Å². The summed E-state index contributed by atoms with van der Waals surface area (Å²) in [6.07, 6.45) is 3.19. The molecule has 1 aliphatic heterocycles. The van der Waals surface area contributed by atoms with Crippen molar-refractivity contribution >= 4 is 6.21 Å². The molecule has 46 valence electrons. The van der Waals surface area contributed by atoms with Gasteiger partial charge in [-0.25, -0.2) is 0 Å². The zero-order valence-electron chi connectivity index (χ0n) is 5.29. The van der Waals surface area contributed by atoms with Crippen molar-refractivity contribution in [3.8, 4) is 0 Å². The van der Waals surface area contributed by atoms with Gasteiger partial charge in [-0.1, -0.05) is 12.1 Å². The highest BCUT2D eigenvalue weighted by Crippen LogP contribution is 2.13. The third-order valence-electron chi connectivity index (χ3n) is 1.58. The number of oxime groups is 1. The SMILES string of the molecule is C[C@@H]1CC=NO[C@@H]1C. The van der Waals surface area contributed by atoms with E-state index in [9.17, 15) is 0 Å². The quantitative estimate of drug-likeness (QED) is 0.465. The van der Waals surface area contributed by atoms with E-state index in [4.69, 9.17) is 4.84 Å². The van der Waals surface area contributed by atoms with Crippen LogP contribution in [0.2, 0.25) is 0 Å². The van der Waals surface area contributed by atoms with Crippen molar-refractivity contribution in [3.63, 3.8) is 0 Å². The lowest BCUT2D eigenvalue weighted by Gasteiger charge is -2.19. The van der Waals surface area contributed by atoms with Gasteiger partial charge in [0.2, 0.25) is 0 Å². The number of rotatable bonds is 0. The second-order valence-corrected chi connectivity index (χ2v) is 2.31. The molecule has 1 rings (SSSR count). The minimum atomic E-state index is 0.306. The van der Waals surface area contributed by atoms with E-state index in [0.717, 1.165) is 6.42 Å². The predicted molar refractivity (Wildman–Crippen MR) is 32.8 cm³/mol. The van der Waals surface area contributed by atoms with Gasteiger partial charge in [-0.2, -0.15) is 0 Å². The molecule has 0 radical (unpaired) electrons. The summed E-state index contributed by atoms with van der Waals surface area (Å²) in [5, 5.41) is 3.68. The third-order valence-corrected chi connectivity index (χ3v) is 1.58. The van der Waals surface area contributed by atoms with Gasteiger partial charge in [-0.3, -0.25) is 0 Å². The van der Waals surface area contributed by atoms with Gasteiger partial charge in [-0.15, -0.1) is 0 Å². The largest absolute Gasteiger partial charge is 0.393 e. The molecule has 1 aliphatic rings. The summed E-state index contributed by atoms with van der Waals surface area (Å²) in [5.41, 5.74) is 0. The lowest BCUT2D eigenvalue weighted by atomic mass is 10.0. The lowest BCUT2D eigenvalue weighted by molar-refractivity contribution is 0.0264. The van der Waals surface area contributed by atoms with Crippen molar-refractivity contribution in [1.29, 1.82) is 0 Å². The van der Waals surface area contributed by atoms with Crippen molar-refractivity contribution in [2.75, 3.05) is 0 Å². The van der Waals surface area contributed by atoms with Crippen molar-refractivity contribution < 1.29 is 4.84 Å². The fourth-order valence-electron chi connectivity index (χ4n) is 0.644. The third kappa shape index (κ3) is 0.997. The van der Waals surface area contributed by atoms with E-state index in [1.807, 2.05) is 13.1 Å². The van der Waals surface area contributed by atoms with Gasteiger partial charge < -0.3 is 4.84 Å². The minimum absolute atomic E-state index is 0.306. The Morgan fingerprint density at radius 3 is 2.75 bits per heavy atom. The Balaban J connectivity index is 2.44. The summed E-state index contributed by atoms with van der Waals surface area (Å²) in [7, 11) is 0. The molecule has 0 aromatic heterocycles. The molecule has 0 bridgehead atoms. The van der Waals surface area contributed by atoms with Crippen LogP contribution in [-0.4, -0.2) is 12.3 Å². The average Bonchev–Trinajstić information content (AvgIpc) is 1.77. The van der Waals surface area contributed by atoms with Crippen LogP contribution in [0.4, 0.5) is 0 Å². The number of nitrogens with zero attached hydrogens (tertiary/aromatic N) is 1. The lowest BCUT2D eigenvalue weighted by Crippen LogP contribution is -2.19. The van der Waals surface area contributed by atoms with E-state index in [-0.39, 0.29) is 0 Å². The van der Waals surface area contributed by atoms with Gasteiger partial charge in [0.25, 0.3) is 0 Å². The van der Waals surface area contributed by atoms with Crippen molar-refractivity contribution in [2.24, 2.45) is 11.1 Å². The van der Waals surface area contributed by atoms with Crippen LogP contribution >= 0.6 is 0 Å². The first-order chi connectivity index (χ1) is 3.80. The standard InChI is InChI=1S/C6H11NO/c1-5-3-4-7-8-6(5)2/h4-6H,3H2,1-2H3/t5-,6-/m1/s1. The molecular formula is C6H11NO. The molecule has 2 nitrogen and oxygen atoms in total. The van der Waals surface area contributed by atoms with Crippen LogP contribution in [0.1, 0.15) is 20.3 Å². The molecule has 0 aliphatic carbocycles. The average molecular weight is 113 g/mol.